The number of rotatable bonds is 5. The van der Waals surface area contributed by atoms with Gasteiger partial charge in [0.15, 0.2) is 0 Å². The van der Waals surface area contributed by atoms with Gasteiger partial charge in [0.1, 0.15) is 17.5 Å². The minimum Gasteiger partial charge on any atom is -0.376 e. The van der Waals surface area contributed by atoms with Crippen molar-refractivity contribution in [3.63, 3.8) is 0 Å². The van der Waals surface area contributed by atoms with Crippen LogP contribution in [0.4, 0.5) is 11.6 Å². The first-order valence-corrected chi connectivity index (χ1v) is 7.70. The summed E-state index contributed by atoms with van der Waals surface area (Å²) >= 11 is 0. The molecule has 0 saturated carbocycles. The number of hydrogen-bond acceptors (Lipinski definition) is 6. The molecule has 1 aliphatic rings. The molecule has 1 unspecified atom stereocenters. The lowest BCUT2D eigenvalue weighted by Crippen LogP contribution is -2.34. The maximum absolute atomic E-state index is 5.82. The number of nitrogens with two attached hydrogens (primary N) is 1. The predicted molar refractivity (Wildman–Crippen MR) is 85.5 cm³/mol. The van der Waals surface area contributed by atoms with Gasteiger partial charge in [0, 0.05) is 31.7 Å². The molecule has 0 aliphatic carbocycles. The van der Waals surface area contributed by atoms with Crippen LogP contribution in [0.5, 0.6) is 0 Å². The first kappa shape index (κ1) is 16.0. The van der Waals surface area contributed by atoms with Crippen LogP contribution in [0.1, 0.15) is 50.4 Å². The van der Waals surface area contributed by atoms with Gasteiger partial charge in [0.25, 0.3) is 0 Å². The van der Waals surface area contributed by atoms with E-state index in [9.17, 15) is 0 Å². The van der Waals surface area contributed by atoms with E-state index in [-0.39, 0.29) is 12.0 Å². The zero-order chi connectivity index (χ0) is 15.4. The highest BCUT2D eigenvalue weighted by Gasteiger charge is 2.20. The maximum atomic E-state index is 5.82. The van der Waals surface area contributed by atoms with Crippen molar-refractivity contribution in [3.8, 4) is 0 Å². The van der Waals surface area contributed by atoms with Gasteiger partial charge in [-0.1, -0.05) is 13.8 Å². The Bertz CT molecular complexity index is 471. The van der Waals surface area contributed by atoms with E-state index in [4.69, 9.17) is 15.6 Å². The lowest BCUT2D eigenvalue weighted by Gasteiger charge is -2.29. The van der Waals surface area contributed by atoms with Gasteiger partial charge in [-0.25, -0.2) is 15.8 Å². The molecule has 1 saturated heterocycles. The Kier molecular flexibility index (Phi) is 5.36. The third kappa shape index (κ3) is 3.83. The number of anilines is 2. The number of nitrogens with one attached hydrogen (secondary N) is 1. The predicted octanol–water partition coefficient (Wildman–Crippen LogP) is 2.20. The molecule has 0 bridgehead atoms. The van der Waals surface area contributed by atoms with Gasteiger partial charge >= 0.3 is 0 Å². The van der Waals surface area contributed by atoms with E-state index in [1.165, 1.54) is 12.8 Å². The zero-order valence-corrected chi connectivity index (χ0v) is 13.5. The minimum absolute atomic E-state index is 0.260. The number of aromatic nitrogens is 2. The van der Waals surface area contributed by atoms with Crippen molar-refractivity contribution < 1.29 is 4.74 Å². The van der Waals surface area contributed by atoms with Crippen LogP contribution in [0, 0.1) is 6.92 Å². The standard InChI is InChI=1S/C15H27N5O/c1-10(2)13-17-14(19-16)11(3)15(18-13)20(4)9-12-7-5-6-8-21-12/h10,12H,5-9,16H2,1-4H3,(H,17,18,19). The second-order valence-corrected chi connectivity index (χ2v) is 6.05. The molecule has 1 atom stereocenters. The molecule has 0 spiro atoms. The number of hydrazine groups is 1. The summed E-state index contributed by atoms with van der Waals surface area (Å²) in [5, 5.41) is 0. The number of likely N-dealkylation sites (N-methyl/N-ethyl adjacent to an activating group) is 1. The van der Waals surface area contributed by atoms with Crippen molar-refractivity contribution in [1.29, 1.82) is 0 Å². The molecule has 0 radical (unpaired) electrons. The summed E-state index contributed by atoms with van der Waals surface area (Å²) in [6.07, 6.45) is 3.82. The van der Waals surface area contributed by atoms with Crippen molar-refractivity contribution in [2.75, 3.05) is 30.5 Å². The third-order valence-corrected chi connectivity index (χ3v) is 3.90. The topological polar surface area (TPSA) is 76.3 Å². The number of nitrogen functional groups attached to an aromatic ring is 1. The normalized spacial score (nSPS) is 18.9. The maximum Gasteiger partial charge on any atom is 0.148 e. The molecule has 6 heteroatoms. The molecule has 1 fully saturated rings. The van der Waals surface area contributed by atoms with Crippen LogP contribution in [0.2, 0.25) is 0 Å². The molecule has 1 aromatic rings. The fourth-order valence-corrected chi connectivity index (χ4v) is 2.64. The number of hydrogen-bond donors (Lipinski definition) is 2. The van der Waals surface area contributed by atoms with E-state index in [1.807, 2.05) is 6.92 Å². The van der Waals surface area contributed by atoms with Crippen LogP contribution in [0.25, 0.3) is 0 Å². The van der Waals surface area contributed by atoms with E-state index in [0.29, 0.717) is 5.82 Å². The first-order valence-electron chi connectivity index (χ1n) is 7.70. The van der Waals surface area contributed by atoms with Crippen LogP contribution in [0.3, 0.4) is 0 Å². The van der Waals surface area contributed by atoms with E-state index < -0.39 is 0 Å². The first-order chi connectivity index (χ1) is 10.0. The Labute approximate surface area is 127 Å². The van der Waals surface area contributed by atoms with E-state index in [1.54, 1.807) is 0 Å². The molecule has 0 amide bonds. The van der Waals surface area contributed by atoms with Gasteiger partial charge in [0.2, 0.25) is 0 Å². The average Bonchev–Trinajstić information content (AvgIpc) is 2.48. The molecule has 21 heavy (non-hydrogen) atoms. The Morgan fingerprint density at radius 1 is 1.38 bits per heavy atom. The van der Waals surface area contributed by atoms with Gasteiger partial charge in [0.05, 0.1) is 6.10 Å². The lowest BCUT2D eigenvalue weighted by atomic mass is 10.1. The van der Waals surface area contributed by atoms with Gasteiger partial charge in [-0.05, 0) is 26.2 Å². The molecule has 6 nitrogen and oxygen atoms in total. The van der Waals surface area contributed by atoms with Crippen LogP contribution in [-0.2, 0) is 4.74 Å². The molecular weight excluding hydrogens is 266 g/mol. The highest BCUT2D eigenvalue weighted by atomic mass is 16.5. The van der Waals surface area contributed by atoms with Crippen LogP contribution in [-0.4, -0.2) is 36.3 Å². The molecule has 1 aliphatic heterocycles. The molecular formula is C15H27N5O. The van der Waals surface area contributed by atoms with Gasteiger partial charge in [-0.2, -0.15) is 0 Å². The van der Waals surface area contributed by atoms with E-state index >= 15 is 0 Å². The summed E-state index contributed by atoms with van der Waals surface area (Å²) in [6, 6.07) is 0. The zero-order valence-electron chi connectivity index (χ0n) is 13.5. The van der Waals surface area contributed by atoms with Crippen molar-refractivity contribution in [2.24, 2.45) is 5.84 Å². The Morgan fingerprint density at radius 2 is 2.14 bits per heavy atom. The van der Waals surface area contributed by atoms with Gasteiger partial charge < -0.3 is 15.1 Å². The molecule has 2 rings (SSSR count). The van der Waals surface area contributed by atoms with Crippen molar-refractivity contribution in [1.82, 2.24) is 9.97 Å². The van der Waals surface area contributed by atoms with Crippen LogP contribution in [0.15, 0.2) is 0 Å². The Morgan fingerprint density at radius 3 is 2.71 bits per heavy atom. The third-order valence-electron chi connectivity index (χ3n) is 3.90. The second kappa shape index (κ2) is 7.04. The highest BCUT2D eigenvalue weighted by Crippen LogP contribution is 2.26. The minimum atomic E-state index is 0.260. The van der Waals surface area contributed by atoms with Gasteiger partial charge in [-0.15, -0.1) is 0 Å². The monoisotopic (exact) mass is 293 g/mol. The molecule has 2 heterocycles. The molecule has 118 valence electrons. The van der Waals surface area contributed by atoms with Crippen molar-refractivity contribution >= 4 is 11.6 Å². The summed E-state index contributed by atoms with van der Waals surface area (Å²) < 4.78 is 5.82. The molecule has 3 N–H and O–H groups in total. The summed E-state index contributed by atoms with van der Waals surface area (Å²) in [5.74, 6) is 8.28. The van der Waals surface area contributed by atoms with Crippen molar-refractivity contribution in [3.05, 3.63) is 11.4 Å². The number of ether oxygens (including phenoxy) is 1. The van der Waals surface area contributed by atoms with Crippen molar-refractivity contribution in [2.45, 2.75) is 52.1 Å². The van der Waals surface area contributed by atoms with Gasteiger partial charge in [-0.3, -0.25) is 0 Å². The quantitative estimate of drug-likeness (QED) is 0.640. The van der Waals surface area contributed by atoms with E-state index in [0.717, 1.165) is 36.8 Å². The SMILES string of the molecule is Cc1c(NN)nc(C(C)C)nc1N(C)CC1CCCCO1. The second-order valence-electron chi connectivity index (χ2n) is 6.05. The molecule has 1 aromatic heterocycles. The summed E-state index contributed by atoms with van der Waals surface area (Å²) in [4.78, 5) is 11.3. The lowest BCUT2D eigenvalue weighted by molar-refractivity contribution is 0.0215. The van der Waals surface area contributed by atoms with Crippen LogP contribution < -0.4 is 16.2 Å². The number of nitrogens with zero attached hydrogens (tertiary/aromatic N) is 3. The smallest absolute Gasteiger partial charge is 0.148 e. The highest BCUT2D eigenvalue weighted by molar-refractivity contribution is 5.58. The summed E-state index contributed by atoms with van der Waals surface area (Å²) in [6.45, 7) is 7.87. The largest absolute Gasteiger partial charge is 0.376 e. The average molecular weight is 293 g/mol. The Balaban J connectivity index is 2.21. The fraction of sp³-hybridized carbons (Fsp3) is 0.733. The molecule has 0 aromatic carbocycles. The van der Waals surface area contributed by atoms with E-state index in [2.05, 4.69) is 36.2 Å². The fourth-order valence-electron chi connectivity index (χ4n) is 2.64. The van der Waals surface area contributed by atoms with Crippen LogP contribution >= 0.6 is 0 Å². The summed E-state index contributed by atoms with van der Waals surface area (Å²) in [7, 11) is 2.05. The Hall–Kier alpha value is -1.40. The summed E-state index contributed by atoms with van der Waals surface area (Å²) in [5.41, 5.74) is 3.65.